The van der Waals surface area contributed by atoms with Gasteiger partial charge in [0.1, 0.15) is 10.8 Å². The van der Waals surface area contributed by atoms with Crippen LogP contribution in [0.2, 0.25) is 0 Å². The Balaban J connectivity index is 1.54. The molecule has 0 spiro atoms. The van der Waals surface area contributed by atoms with Gasteiger partial charge in [0.05, 0.1) is 29.4 Å². The number of methoxy groups -OCH3 is 1. The Kier molecular flexibility index (Phi) is 6.74. The van der Waals surface area contributed by atoms with E-state index in [9.17, 15) is 9.59 Å². The fourth-order valence-corrected chi connectivity index (χ4v) is 6.48. The van der Waals surface area contributed by atoms with Gasteiger partial charge in [0, 0.05) is 15.8 Å². The van der Waals surface area contributed by atoms with Gasteiger partial charge in [0.15, 0.2) is 0 Å². The first kappa shape index (κ1) is 24.0. The van der Waals surface area contributed by atoms with E-state index in [2.05, 4.69) is 12.2 Å². The van der Waals surface area contributed by atoms with Crippen molar-refractivity contribution in [2.24, 2.45) is 11.7 Å². The molecule has 2 heterocycles. The highest BCUT2D eigenvalue weighted by molar-refractivity contribution is 7.17. The van der Waals surface area contributed by atoms with Crippen molar-refractivity contribution in [3.8, 4) is 17.0 Å². The average Bonchev–Trinajstić information content (AvgIpc) is 3.25. The zero-order valence-electron chi connectivity index (χ0n) is 20.5. The van der Waals surface area contributed by atoms with E-state index in [-0.39, 0.29) is 5.91 Å². The van der Waals surface area contributed by atoms with Crippen LogP contribution >= 0.6 is 11.3 Å². The number of para-hydroxylation sites is 1. The van der Waals surface area contributed by atoms with E-state index < -0.39 is 5.91 Å². The van der Waals surface area contributed by atoms with Crippen LogP contribution in [0.5, 0.6) is 5.75 Å². The lowest BCUT2D eigenvalue weighted by molar-refractivity contribution is 0.1000. The van der Waals surface area contributed by atoms with Crippen LogP contribution in [-0.4, -0.2) is 23.9 Å². The number of fused-ring (bicyclic) bond motifs is 2. The minimum absolute atomic E-state index is 0.288. The van der Waals surface area contributed by atoms with Gasteiger partial charge in [0.2, 0.25) is 0 Å². The molecule has 36 heavy (non-hydrogen) atoms. The van der Waals surface area contributed by atoms with Gasteiger partial charge in [-0.2, -0.15) is 0 Å². The third-order valence-electron chi connectivity index (χ3n) is 6.86. The number of hydrogen-bond acceptors (Lipinski definition) is 5. The van der Waals surface area contributed by atoms with Crippen LogP contribution in [0.25, 0.3) is 22.2 Å². The SMILES string of the molecule is CCC[C@@H]1CCc2c(sc(NC(=O)c3cc(-c4cccc(OC)c4)nc4ccccc34)c2C(N)=O)C1. The molecule has 0 radical (unpaired) electrons. The van der Waals surface area contributed by atoms with Crippen LogP contribution in [0.15, 0.2) is 54.6 Å². The number of hydrogen-bond donors (Lipinski definition) is 2. The molecule has 1 atom stereocenters. The molecule has 4 aromatic rings. The van der Waals surface area contributed by atoms with Gasteiger partial charge < -0.3 is 15.8 Å². The zero-order valence-corrected chi connectivity index (χ0v) is 21.3. The van der Waals surface area contributed by atoms with E-state index in [0.717, 1.165) is 42.2 Å². The number of nitrogens with one attached hydrogen (secondary N) is 1. The number of anilines is 1. The van der Waals surface area contributed by atoms with Crippen molar-refractivity contribution in [3.63, 3.8) is 0 Å². The summed E-state index contributed by atoms with van der Waals surface area (Å²) in [5.74, 6) is 0.544. The smallest absolute Gasteiger partial charge is 0.257 e. The highest BCUT2D eigenvalue weighted by atomic mass is 32.1. The van der Waals surface area contributed by atoms with Crippen LogP contribution in [0.1, 0.15) is 57.3 Å². The largest absolute Gasteiger partial charge is 0.497 e. The number of primary amides is 1. The Bertz CT molecular complexity index is 1460. The first-order valence-electron chi connectivity index (χ1n) is 12.3. The van der Waals surface area contributed by atoms with Crippen molar-refractivity contribution >= 4 is 39.1 Å². The van der Waals surface area contributed by atoms with E-state index in [1.54, 1.807) is 13.2 Å². The van der Waals surface area contributed by atoms with Crippen molar-refractivity contribution in [2.75, 3.05) is 12.4 Å². The monoisotopic (exact) mass is 499 g/mol. The molecule has 0 saturated carbocycles. The second-order valence-corrected chi connectivity index (χ2v) is 10.3. The fraction of sp³-hybridized carbons (Fsp3) is 0.276. The summed E-state index contributed by atoms with van der Waals surface area (Å²) in [7, 11) is 1.62. The molecule has 3 N–H and O–H groups in total. The van der Waals surface area contributed by atoms with Gasteiger partial charge in [-0.05, 0) is 55.0 Å². The number of aromatic nitrogens is 1. The summed E-state index contributed by atoms with van der Waals surface area (Å²) >= 11 is 1.49. The number of thiophene rings is 1. The van der Waals surface area contributed by atoms with E-state index in [1.807, 2.05) is 48.5 Å². The molecule has 2 aromatic carbocycles. The van der Waals surface area contributed by atoms with Crippen molar-refractivity contribution in [3.05, 3.63) is 76.2 Å². The van der Waals surface area contributed by atoms with Crippen molar-refractivity contribution in [2.45, 2.75) is 39.0 Å². The number of nitrogens with zero attached hydrogens (tertiary/aromatic N) is 1. The normalized spacial score (nSPS) is 14.9. The van der Waals surface area contributed by atoms with Gasteiger partial charge in [0.25, 0.3) is 11.8 Å². The Labute approximate surface area is 214 Å². The molecule has 1 aliphatic rings. The molecular weight excluding hydrogens is 470 g/mol. The molecule has 5 rings (SSSR count). The maximum Gasteiger partial charge on any atom is 0.257 e. The predicted molar refractivity (Wildman–Crippen MR) is 145 cm³/mol. The van der Waals surface area contributed by atoms with E-state index in [1.165, 1.54) is 22.6 Å². The second-order valence-electron chi connectivity index (χ2n) is 9.23. The first-order valence-corrected chi connectivity index (χ1v) is 13.1. The van der Waals surface area contributed by atoms with Crippen LogP contribution in [0.3, 0.4) is 0 Å². The summed E-state index contributed by atoms with van der Waals surface area (Å²) in [6, 6.07) is 17.0. The van der Waals surface area contributed by atoms with Crippen LogP contribution < -0.4 is 15.8 Å². The molecule has 0 saturated heterocycles. The zero-order chi connectivity index (χ0) is 25.2. The summed E-state index contributed by atoms with van der Waals surface area (Å²) in [5, 5.41) is 4.31. The minimum Gasteiger partial charge on any atom is -0.497 e. The summed E-state index contributed by atoms with van der Waals surface area (Å²) < 4.78 is 5.37. The van der Waals surface area contributed by atoms with E-state index in [0.29, 0.717) is 39.0 Å². The molecule has 0 fully saturated rings. The number of ether oxygens (including phenoxy) is 1. The second kappa shape index (κ2) is 10.1. The number of amides is 2. The standard InChI is InChI=1S/C29H29N3O3S/c1-3-7-17-12-13-21-25(14-17)36-29(26(21)27(30)33)32-28(34)22-16-24(18-8-6-9-19(15-18)35-2)31-23-11-5-4-10-20(22)23/h4-6,8-11,15-17H,3,7,12-14H2,1-2H3,(H2,30,33)(H,32,34)/t17-/m1/s1. The number of rotatable bonds is 7. The van der Waals surface area contributed by atoms with E-state index in [4.69, 9.17) is 15.5 Å². The maximum atomic E-state index is 13.7. The minimum atomic E-state index is -0.492. The van der Waals surface area contributed by atoms with Crippen molar-refractivity contribution in [1.29, 1.82) is 0 Å². The van der Waals surface area contributed by atoms with Gasteiger partial charge in [-0.25, -0.2) is 4.98 Å². The Morgan fingerprint density at radius 1 is 1.17 bits per heavy atom. The third-order valence-corrected chi connectivity index (χ3v) is 8.03. The Hall–Kier alpha value is -3.71. The summed E-state index contributed by atoms with van der Waals surface area (Å²) in [4.78, 5) is 32.1. The molecule has 0 unspecified atom stereocenters. The van der Waals surface area contributed by atoms with E-state index >= 15 is 0 Å². The van der Waals surface area contributed by atoms with Crippen molar-refractivity contribution < 1.29 is 14.3 Å². The lowest BCUT2D eigenvalue weighted by Gasteiger charge is -2.21. The lowest BCUT2D eigenvalue weighted by Crippen LogP contribution is -2.20. The van der Waals surface area contributed by atoms with Gasteiger partial charge >= 0.3 is 0 Å². The lowest BCUT2D eigenvalue weighted by atomic mass is 9.84. The molecule has 1 aliphatic carbocycles. The summed E-state index contributed by atoms with van der Waals surface area (Å²) in [6.45, 7) is 2.20. The summed E-state index contributed by atoms with van der Waals surface area (Å²) in [6.07, 6.45) is 5.11. The maximum absolute atomic E-state index is 13.7. The van der Waals surface area contributed by atoms with Gasteiger partial charge in [-0.3, -0.25) is 9.59 Å². The van der Waals surface area contributed by atoms with Crippen molar-refractivity contribution in [1.82, 2.24) is 4.98 Å². The third kappa shape index (κ3) is 4.58. The Morgan fingerprint density at radius 2 is 2.00 bits per heavy atom. The quantitative estimate of drug-likeness (QED) is 0.315. The average molecular weight is 500 g/mol. The fourth-order valence-electron chi connectivity index (χ4n) is 5.12. The molecule has 2 aromatic heterocycles. The number of pyridine rings is 1. The number of carbonyl (C=O) groups is 2. The molecule has 6 nitrogen and oxygen atoms in total. The molecular formula is C29H29N3O3S. The molecule has 0 aliphatic heterocycles. The van der Waals surface area contributed by atoms with Gasteiger partial charge in [-0.1, -0.05) is 50.1 Å². The highest BCUT2D eigenvalue weighted by Gasteiger charge is 2.29. The highest BCUT2D eigenvalue weighted by Crippen LogP contribution is 2.41. The topological polar surface area (TPSA) is 94.3 Å². The first-order chi connectivity index (χ1) is 17.5. The number of nitrogens with two attached hydrogens (primary N) is 1. The number of carbonyl (C=O) groups excluding carboxylic acids is 2. The van der Waals surface area contributed by atoms with Gasteiger partial charge in [-0.15, -0.1) is 11.3 Å². The number of benzene rings is 2. The van der Waals surface area contributed by atoms with Crippen LogP contribution in [-0.2, 0) is 12.8 Å². The molecule has 184 valence electrons. The molecule has 2 amide bonds. The van der Waals surface area contributed by atoms with Crippen LogP contribution in [0.4, 0.5) is 5.00 Å². The predicted octanol–water partition coefficient (Wildman–Crippen LogP) is 6.23. The molecule has 7 heteroatoms. The Morgan fingerprint density at radius 3 is 2.78 bits per heavy atom. The summed E-state index contributed by atoms with van der Waals surface area (Å²) in [5.41, 5.74) is 9.99. The van der Waals surface area contributed by atoms with Crippen LogP contribution in [0, 0.1) is 5.92 Å². The molecule has 0 bridgehead atoms.